The second-order valence-electron chi connectivity index (χ2n) is 9.60. The van der Waals surface area contributed by atoms with Crippen LogP contribution in [0, 0.1) is 11.8 Å². The van der Waals surface area contributed by atoms with E-state index in [0.29, 0.717) is 38.5 Å². The summed E-state index contributed by atoms with van der Waals surface area (Å²) in [6.07, 6.45) is 3.21. The third kappa shape index (κ3) is 7.76. The number of carbonyl (C=O) groups is 1. The van der Waals surface area contributed by atoms with Crippen LogP contribution < -0.4 is 10.6 Å². The van der Waals surface area contributed by atoms with Crippen molar-refractivity contribution in [3.63, 3.8) is 0 Å². The summed E-state index contributed by atoms with van der Waals surface area (Å²) in [5, 5.41) is 16.9. The second kappa shape index (κ2) is 13.0. The standard InChI is InChI=1S/C23H42F3N3O3/c1-27-16-20(15-18-9-4-3-5-10-18)28-21(30)29-13-8-11-19(17-29)22(31,23(24,25)26)12-6-7-14-32-2/h18-20,27,31H,3-17H2,1-2H3,(H,28,30)/t19?,20-,22?/m0/s1. The molecule has 0 aromatic carbocycles. The summed E-state index contributed by atoms with van der Waals surface area (Å²) >= 11 is 0. The largest absolute Gasteiger partial charge is 0.417 e. The third-order valence-corrected chi connectivity index (χ3v) is 7.15. The van der Waals surface area contributed by atoms with Crippen LogP contribution in [0.1, 0.15) is 70.6 Å². The van der Waals surface area contributed by atoms with Crippen LogP contribution >= 0.6 is 0 Å². The summed E-state index contributed by atoms with van der Waals surface area (Å²) < 4.78 is 46.6. The average Bonchev–Trinajstić information content (AvgIpc) is 2.76. The maximum atomic E-state index is 13.9. The van der Waals surface area contributed by atoms with Gasteiger partial charge in [-0.3, -0.25) is 0 Å². The fourth-order valence-electron chi connectivity index (χ4n) is 5.30. The molecule has 1 saturated heterocycles. The summed E-state index contributed by atoms with van der Waals surface area (Å²) in [5.41, 5.74) is -2.79. The molecule has 1 aliphatic carbocycles. The summed E-state index contributed by atoms with van der Waals surface area (Å²) in [4.78, 5) is 14.4. The lowest BCUT2D eigenvalue weighted by atomic mass is 9.77. The molecule has 0 spiro atoms. The number of aliphatic hydroxyl groups is 1. The highest BCUT2D eigenvalue weighted by molar-refractivity contribution is 5.74. The molecule has 2 unspecified atom stereocenters. The number of amides is 2. The zero-order valence-electron chi connectivity index (χ0n) is 19.7. The molecule has 1 aliphatic heterocycles. The molecule has 2 aliphatic rings. The van der Waals surface area contributed by atoms with Crippen LogP contribution in [0.3, 0.4) is 0 Å². The van der Waals surface area contributed by atoms with Gasteiger partial charge in [-0.25, -0.2) is 4.79 Å². The van der Waals surface area contributed by atoms with Crippen molar-refractivity contribution in [2.75, 3.05) is 40.4 Å². The van der Waals surface area contributed by atoms with Crippen molar-refractivity contribution in [1.82, 2.24) is 15.5 Å². The molecular weight excluding hydrogens is 423 g/mol. The van der Waals surface area contributed by atoms with Crippen molar-refractivity contribution in [2.45, 2.75) is 88.4 Å². The first-order valence-corrected chi connectivity index (χ1v) is 12.2. The molecule has 3 atom stereocenters. The SMILES string of the molecule is CNC[C@H](CC1CCCCC1)NC(=O)N1CCCC(C(O)(CCCCOC)C(F)(F)F)C1. The van der Waals surface area contributed by atoms with Crippen molar-refractivity contribution >= 4 is 6.03 Å². The van der Waals surface area contributed by atoms with E-state index in [2.05, 4.69) is 10.6 Å². The first kappa shape index (κ1) is 27.2. The van der Waals surface area contributed by atoms with Crippen molar-refractivity contribution in [1.29, 1.82) is 0 Å². The van der Waals surface area contributed by atoms with Gasteiger partial charge in [-0.15, -0.1) is 0 Å². The molecule has 0 radical (unpaired) electrons. The summed E-state index contributed by atoms with van der Waals surface area (Å²) in [5.74, 6) is -0.440. The van der Waals surface area contributed by atoms with E-state index >= 15 is 0 Å². The van der Waals surface area contributed by atoms with Gasteiger partial charge in [-0.05, 0) is 51.5 Å². The second-order valence-corrected chi connectivity index (χ2v) is 9.60. The van der Waals surface area contributed by atoms with Gasteiger partial charge < -0.3 is 25.4 Å². The van der Waals surface area contributed by atoms with Gasteiger partial charge in [0, 0.05) is 45.3 Å². The molecule has 0 bridgehead atoms. The molecule has 3 N–H and O–H groups in total. The Hall–Kier alpha value is -1.06. The molecule has 0 aromatic heterocycles. The number of hydrogen-bond donors (Lipinski definition) is 3. The minimum Gasteiger partial charge on any atom is -0.385 e. The number of unbranched alkanes of at least 4 members (excludes halogenated alkanes) is 1. The Balaban J connectivity index is 1.99. The van der Waals surface area contributed by atoms with Gasteiger partial charge in [0.05, 0.1) is 0 Å². The molecule has 0 aromatic rings. The molecule has 2 amide bonds. The number of carbonyl (C=O) groups excluding carboxylic acids is 1. The van der Waals surface area contributed by atoms with Gasteiger partial charge in [0.1, 0.15) is 0 Å². The lowest BCUT2D eigenvalue weighted by Gasteiger charge is -2.43. The van der Waals surface area contributed by atoms with Crippen molar-refractivity contribution in [3.8, 4) is 0 Å². The molecule has 32 heavy (non-hydrogen) atoms. The van der Waals surface area contributed by atoms with Gasteiger partial charge in [0.2, 0.25) is 0 Å². The van der Waals surface area contributed by atoms with Crippen LogP contribution in [0.25, 0.3) is 0 Å². The summed E-state index contributed by atoms with van der Waals surface area (Å²) in [7, 11) is 3.34. The fraction of sp³-hybridized carbons (Fsp3) is 0.957. The number of hydrogen-bond acceptors (Lipinski definition) is 4. The third-order valence-electron chi connectivity index (χ3n) is 7.15. The monoisotopic (exact) mass is 465 g/mol. The van der Waals surface area contributed by atoms with E-state index in [4.69, 9.17) is 4.74 Å². The Morgan fingerprint density at radius 2 is 1.88 bits per heavy atom. The normalized spacial score (nSPS) is 23.6. The number of alkyl halides is 3. The molecule has 1 saturated carbocycles. The smallest absolute Gasteiger partial charge is 0.385 e. The Labute approximate surface area is 190 Å². The van der Waals surface area contributed by atoms with E-state index in [-0.39, 0.29) is 37.9 Å². The van der Waals surface area contributed by atoms with Crippen LogP contribution in [0.4, 0.5) is 18.0 Å². The molecule has 6 nitrogen and oxygen atoms in total. The molecule has 1 heterocycles. The van der Waals surface area contributed by atoms with Crippen LogP contribution in [-0.4, -0.2) is 74.3 Å². The Morgan fingerprint density at radius 3 is 2.50 bits per heavy atom. The van der Waals surface area contributed by atoms with Gasteiger partial charge in [0.15, 0.2) is 5.60 Å². The lowest BCUT2D eigenvalue weighted by molar-refractivity contribution is -0.286. The van der Waals surface area contributed by atoms with Crippen molar-refractivity contribution in [3.05, 3.63) is 0 Å². The number of rotatable bonds is 11. The molecule has 2 rings (SSSR count). The Bertz CT molecular complexity index is 558. The lowest BCUT2D eigenvalue weighted by Crippen LogP contribution is -2.58. The zero-order chi connectivity index (χ0) is 23.6. The van der Waals surface area contributed by atoms with Crippen molar-refractivity contribution < 1.29 is 27.8 Å². The molecule has 188 valence electrons. The van der Waals surface area contributed by atoms with Gasteiger partial charge >= 0.3 is 12.2 Å². The number of urea groups is 1. The maximum absolute atomic E-state index is 13.9. The van der Waals surface area contributed by atoms with Crippen molar-refractivity contribution in [2.24, 2.45) is 11.8 Å². The van der Waals surface area contributed by atoms with Gasteiger partial charge in [0.25, 0.3) is 0 Å². The summed E-state index contributed by atoms with van der Waals surface area (Å²) in [6.45, 7) is 1.32. The van der Waals surface area contributed by atoms with Gasteiger partial charge in [-0.2, -0.15) is 13.2 Å². The van der Waals surface area contributed by atoms with E-state index in [0.717, 1.165) is 6.42 Å². The quantitative estimate of drug-likeness (QED) is 0.402. The van der Waals surface area contributed by atoms with E-state index < -0.39 is 17.7 Å². The number of ether oxygens (including phenoxy) is 1. The zero-order valence-corrected chi connectivity index (χ0v) is 19.7. The first-order valence-electron chi connectivity index (χ1n) is 12.2. The van der Waals surface area contributed by atoms with Crippen LogP contribution in [0.5, 0.6) is 0 Å². The minimum absolute atomic E-state index is 0.0495. The minimum atomic E-state index is -4.74. The number of nitrogens with one attached hydrogen (secondary N) is 2. The van der Waals surface area contributed by atoms with Crippen LogP contribution in [0.15, 0.2) is 0 Å². The number of likely N-dealkylation sites (tertiary alicyclic amines) is 1. The maximum Gasteiger partial charge on any atom is 0.417 e. The van der Waals surface area contributed by atoms with Gasteiger partial charge in [-0.1, -0.05) is 32.1 Å². The van der Waals surface area contributed by atoms with E-state index in [1.165, 1.54) is 44.1 Å². The van der Waals surface area contributed by atoms with E-state index in [1.807, 2.05) is 7.05 Å². The number of likely N-dealkylation sites (N-methyl/N-ethyl adjacent to an activating group) is 1. The van der Waals surface area contributed by atoms with Crippen LogP contribution in [-0.2, 0) is 4.74 Å². The Kier molecular flexibility index (Phi) is 11.0. The first-order chi connectivity index (χ1) is 15.2. The highest BCUT2D eigenvalue weighted by Crippen LogP contribution is 2.43. The highest BCUT2D eigenvalue weighted by atomic mass is 19.4. The summed E-state index contributed by atoms with van der Waals surface area (Å²) in [6, 6.07) is -0.374. The van der Waals surface area contributed by atoms with E-state index in [1.54, 1.807) is 0 Å². The number of methoxy groups -OCH3 is 1. The topological polar surface area (TPSA) is 73.8 Å². The highest BCUT2D eigenvalue weighted by Gasteiger charge is 2.58. The predicted molar refractivity (Wildman–Crippen MR) is 118 cm³/mol. The number of nitrogens with zero attached hydrogens (tertiary/aromatic N) is 1. The average molecular weight is 466 g/mol. The fourth-order valence-corrected chi connectivity index (χ4v) is 5.30. The molecular formula is C23H42F3N3O3. The molecule has 9 heteroatoms. The number of halogens is 3. The number of piperidine rings is 1. The Morgan fingerprint density at radius 1 is 1.16 bits per heavy atom. The predicted octanol–water partition coefficient (Wildman–Crippen LogP) is 4.08. The van der Waals surface area contributed by atoms with E-state index in [9.17, 15) is 23.1 Å². The molecule has 2 fully saturated rings. The van der Waals surface area contributed by atoms with Crippen LogP contribution in [0.2, 0.25) is 0 Å².